The Morgan fingerprint density at radius 3 is 0.921 bits per heavy atom. The number of nitrogens with zero attached hydrogens (tertiary/aromatic N) is 2. The van der Waals surface area contributed by atoms with Gasteiger partial charge in [-0.1, -0.05) is 81.2 Å². The maximum atomic E-state index is 16.7. The van der Waals surface area contributed by atoms with Crippen LogP contribution in [0.2, 0.25) is 15.1 Å². The Kier molecular flexibility index (Phi) is 13.9. The molecule has 2 N–H and O–H groups in total. The minimum atomic E-state index is -3.19. The van der Waals surface area contributed by atoms with Gasteiger partial charge < -0.3 is 14.5 Å². The molecule has 9 rings (SSSR count). The van der Waals surface area contributed by atoms with Crippen molar-refractivity contribution in [2.75, 3.05) is 0 Å². The molecule has 0 unspecified atom stereocenters. The van der Waals surface area contributed by atoms with E-state index in [0.29, 0.717) is 10.2 Å². The number of aromatic nitrogens is 4. The fraction of sp³-hybridized carbons (Fsp3) is 0. The Bertz CT molecular complexity index is 4180. The normalized spacial score (nSPS) is 12.9. The molecule has 0 spiro atoms. The van der Waals surface area contributed by atoms with Gasteiger partial charge in [-0.2, -0.15) is 0 Å². The number of benzene rings is 4. The van der Waals surface area contributed by atoms with Gasteiger partial charge in [-0.15, -0.1) is 0 Å². The lowest BCUT2D eigenvalue weighted by atomic mass is 9.94. The van der Waals surface area contributed by atoms with Gasteiger partial charge in [0, 0.05) is 28.5 Å². The number of halogens is 28. The average molecular weight is 1250 g/mol. The number of rotatable bonds is 4. The maximum Gasteiger partial charge on any atom is 0.200 e. The molecule has 8 aromatic rings. The third kappa shape index (κ3) is 7.51. The van der Waals surface area contributed by atoms with Crippen LogP contribution in [0.5, 0.6) is 0 Å². The van der Waals surface area contributed by atoms with Crippen molar-refractivity contribution in [3.05, 3.63) is 188 Å². The van der Waals surface area contributed by atoms with Gasteiger partial charge in [0.1, 0.15) is 5.69 Å². The molecule has 0 radical (unpaired) electrons. The summed E-state index contributed by atoms with van der Waals surface area (Å²) in [6.07, 6.45) is 0. The van der Waals surface area contributed by atoms with Gasteiger partial charge in [0.15, 0.2) is 93.1 Å². The van der Waals surface area contributed by atoms with Crippen molar-refractivity contribution in [1.29, 1.82) is 0 Å². The minimum Gasteiger partial charge on any atom is -0.353 e. The first-order chi connectivity index (χ1) is 35.4. The van der Waals surface area contributed by atoms with E-state index < -0.39 is 239 Å². The summed E-state index contributed by atoms with van der Waals surface area (Å²) in [4.78, 5) is 4.31. The predicted octanol–water partition coefficient (Wildman–Crippen LogP) is 14.6. The predicted molar refractivity (Wildman–Crippen MR) is 235 cm³/mol. The van der Waals surface area contributed by atoms with E-state index in [4.69, 9.17) is 93.0 Å². The lowest BCUT2D eigenvalue weighted by Gasteiger charge is -2.14. The topological polar surface area (TPSA) is 41.4 Å². The molecule has 396 valence electrons. The number of hydrogen-bond acceptors (Lipinski definition) is 0. The summed E-state index contributed by atoms with van der Waals surface area (Å²) < 4.78 is 315. The molecule has 1 aliphatic rings. The van der Waals surface area contributed by atoms with Crippen LogP contribution < -0.4 is 21.4 Å². The van der Waals surface area contributed by atoms with Crippen LogP contribution in [0.3, 0.4) is 0 Å². The molecule has 4 aromatic heterocycles. The number of H-pyrrole nitrogens is 2. The van der Waals surface area contributed by atoms with Gasteiger partial charge in [-0.05, 0) is 12.1 Å². The first-order valence-electron chi connectivity index (χ1n) is 19.3. The number of hydrogen-bond donors (Lipinski definition) is 2. The Morgan fingerprint density at radius 2 is 0.553 bits per heavy atom. The molecule has 0 amide bonds. The SMILES string of the molecule is Fc1c(F)c(F)c(-c2c3[nH]c(c2Cl)C(Cl)=c2c(Cl)c(Cl)c(n2Cl)=C(Cl)c2ccc([nH]2)C(Cl)=c2c(-c4c(F)c(F)c(F)c(F)c4F)c(-c4c(F)c(F)c(F)c(F)c4F)c(n2-c2c(F)c(F)c(F)c(F)c2F)=C3Cl)c(F)c1F. The number of aromatic amines is 2. The zero-order valence-electron chi connectivity index (χ0n) is 34.6. The number of fused-ring (bicyclic) bond motifs is 8. The highest BCUT2D eigenvalue weighted by atomic mass is 35.5. The standard InChI is InChI=1S/C44H4Cl8F20N4/c45-11-3-1-2-4(73-3)12(46)42-14(48)15(49)43(76(42)52)17(51)39-13(47)7(10-22(57)28(63)32(67)29(64)23(10)58)38(74-39)16(50)41-6(9-20(55)26(61)31(66)27(62)21(9)56)5(8-18(53)24(59)30(65)25(60)19(8)54)40(11)75(41)44-36(71)34(69)33(68)35(70)37(44)72/h1-2,73-74H. The minimum absolute atomic E-state index is 0.412. The average Bonchev–Trinajstić information content (AvgIpc) is 4.24. The van der Waals surface area contributed by atoms with Crippen molar-refractivity contribution >= 4 is 113 Å². The lowest BCUT2D eigenvalue weighted by Crippen LogP contribution is -2.32. The van der Waals surface area contributed by atoms with E-state index in [-0.39, 0.29) is 0 Å². The zero-order chi connectivity index (χ0) is 56.2. The summed E-state index contributed by atoms with van der Waals surface area (Å²) in [5.41, 5.74) is -21.8. The Balaban J connectivity index is 1.80. The van der Waals surface area contributed by atoms with E-state index >= 15 is 70.2 Å². The molecular weight excluding hydrogens is 1250 g/mol. The first kappa shape index (κ1) is 55.2. The molecule has 32 heteroatoms. The molecule has 4 nitrogen and oxygen atoms in total. The molecule has 0 fully saturated rings. The molecule has 8 bridgehead atoms. The smallest absolute Gasteiger partial charge is 0.200 e. The highest BCUT2D eigenvalue weighted by Gasteiger charge is 2.41. The van der Waals surface area contributed by atoms with Gasteiger partial charge in [-0.25, -0.2) is 91.9 Å². The summed E-state index contributed by atoms with van der Waals surface area (Å²) in [5.74, 6) is -61.6. The molecule has 0 saturated carbocycles. The van der Waals surface area contributed by atoms with Crippen molar-refractivity contribution in [2.45, 2.75) is 0 Å². The van der Waals surface area contributed by atoms with Crippen molar-refractivity contribution in [2.24, 2.45) is 0 Å². The quantitative estimate of drug-likeness (QED) is 0.100. The highest BCUT2D eigenvalue weighted by Crippen LogP contribution is 2.47. The summed E-state index contributed by atoms with van der Waals surface area (Å²) in [6.45, 7) is 0. The van der Waals surface area contributed by atoms with E-state index in [0.717, 1.165) is 6.07 Å². The van der Waals surface area contributed by atoms with Crippen molar-refractivity contribution in [3.8, 4) is 39.1 Å². The highest BCUT2D eigenvalue weighted by molar-refractivity contribution is 6.54. The summed E-state index contributed by atoms with van der Waals surface area (Å²) in [7, 11) is 0. The summed E-state index contributed by atoms with van der Waals surface area (Å²) >= 11 is 53.1. The van der Waals surface area contributed by atoms with Gasteiger partial charge in [0.25, 0.3) is 0 Å². The van der Waals surface area contributed by atoms with Crippen molar-refractivity contribution in [1.82, 2.24) is 18.6 Å². The monoisotopic (exact) mass is 1250 g/mol. The Morgan fingerprint density at radius 1 is 0.276 bits per heavy atom. The van der Waals surface area contributed by atoms with E-state index in [1.54, 1.807) is 0 Å². The third-order valence-electron chi connectivity index (χ3n) is 11.3. The van der Waals surface area contributed by atoms with Crippen LogP contribution in [0, 0.1) is 116 Å². The fourth-order valence-electron chi connectivity index (χ4n) is 7.99. The summed E-state index contributed by atoms with van der Waals surface area (Å²) in [6, 6.07) is 1.46. The van der Waals surface area contributed by atoms with Gasteiger partial charge in [0.2, 0.25) is 23.3 Å². The van der Waals surface area contributed by atoms with Gasteiger partial charge in [-0.3, -0.25) is 0 Å². The van der Waals surface area contributed by atoms with E-state index in [9.17, 15) is 17.6 Å². The Labute approximate surface area is 444 Å². The summed E-state index contributed by atoms with van der Waals surface area (Å²) in [5, 5.41) is -14.6. The molecule has 76 heavy (non-hydrogen) atoms. The number of nitrogens with one attached hydrogen (secondary N) is 2. The maximum absolute atomic E-state index is 16.7. The fourth-order valence-corrected chi connectivity index (χ4v) is 10.7. The van der Waals surface area contributed by atoms with Crippen LogP contribution in [0.4, 0.5) is 87.8 Å². The molecule has 1 aliphatic heterocycles. The third-order valence-corrected chi connectivity index (χ3v) is 14.4. The van der Waals surface area contributed by atoms with E-state index in [1.807, 2.05) is 4.98 Å². The van der Waals surface area contributed by atoms with Gasteiger partial charge in [0.05, 0.1) is 96.1 Å². The molecular formula is C44H4Cl8F20N4. The zero-order valence-corrected chi connectivity index (χ0v) is 40.7. The van der Waals surface area contributed by atoms with Crippen molar-refractivity contribution in [3.63, 3.8) is 0 Å². The van der Waals surface area contributed by atoms with E-state index in [1.165, 1.54) is 0 Å². The molecule has 0 aliphatic carbocycles. The molecule has 5 heterocycles. The van der Waals surface area contributed by atoms with Crippen LogP contribution in [-0.2, 0) is 0 Å². The van der Waals surface area contributed by atoms with E-state index in [2.05, 4.69) is 4.98 Å². The lowest BCUT2D eigenvalue weighted by molar-refractivity contribution is 0.375. The molecule has 0 atom stereocenters. The van der Waals surface area contributed by atoms with Crippen LogP contribution in [0.1, 0.15) is 22.8 Å². The van der Waals surface area contributed by atoms with Crippen LogP contribution in [0.25, 0.3) is 59.2 Å². The first-order valence-corrected chi connectivity index (χ1v) is 22.3. The largest absolute Gasteiger partial charge is 0.353 e. The second-order valence-electron chi connectivity index (χ2n) is 15.2. The second-order valence-corrected chi connectivity index (χ2v) is 18.2. The van der Waals surface area contributed by atoms with Crippen LogP contribution in [-0.4, -0.2) is 18.6 Å². The van der Waals surface area contributed by atoms with Crippen molar-refractivity contribution < 1.29 is 87.8 Å². The Hall–Kier alpha value is -5.60. The molecule has 4 aromatic carbocycles. The second kappa shape index (κ2) is 19.1. The molecule has 0 saturated heterocycles. The van der Waals surface area contributed by atoms with Gasteiger partial charge >= 0.3 is 0 Å². The van der Waals surface area contributed by atoms with Crippen LogP contribution in [0.15, 0.2) is 12.1 Å². The van der Waals surface area contributed by atoms with Crippen LogP contribution >= 0.6 is 93.0 Å².